The number of anilines is 2. The minimum atomic E-state index is -0.612. The lowest BCUT2D eigenvalue weighted by Crippen LogP contribution is -2.20. The third-order valence-corrected chi connectivity index (χ3v) is 8.83. The van der Waals surface area contributed by atoms with Crippen LogP contribution in [0.5, 0.6) is 5.75 Å². The molecule has 52 heavy (non-hydrogen) atoms. The number of hydrogen-bond donors (Lipinski definition) is 3. The second kappa shape index (κ2) is 14.1. The van der Waals surface area contributed by atoms with E-state index in [2.05, 4.69) is 30.8 Å². The lowest BCUT2D eigenvalue weighted by atomic mass is 10.1. The van der Waals surface area contributed by atoms with E-state index in [-0.39, 0.29) is 29.9 Å². The number of pyridine rings is 1. The Kier molecular flexibility index (Phi) is 9.28. The number of amides is 3. The summed E-state index contributed by atoms with van der Waals surface area (Å²) >= 11 is 0. The van der Waals surface area contributed by atoms with Crippen LogP contribution in [0.4, 0.5) is 11.9 Å². The number of rotatable bonds is 14. The van der Waals surface area contributed by atoms with Crippen LogP contribution < -0.4 is 21.1 Å². The third-order valence-electron chi connectivity index (χ3n) is 8.83. The van der Waals surface area contributed by atoms with Crippen molar-refractivity contribution in [1.29, 1.82) is 0 Å². The molecule has 0 saturated heterocycles. The smallest absolute Gasteiger partial charge is 0.276 e. The van der Waals surface area contributed by atoms with Gasteiger partial charge < -0.3 is 15.0 Å². The molecule has 16 nitrogen and oxygen atoms in total. The number of aryl methyl sites for hydroxylation is 4. The van der Waals surface area contributed by atoms with Crippen molar-refractivity contribution in [2.75, 3.05) is 17.2 Å². The number of aromatic nitrogens is 9. The van der Waals surface area contributed by atoms with Gasteiger partial charge in [0, 0.05) is 37.9 Å². The Bertz CT molecular complexity index is 2360. The molecule has 0 aliphatic heterocycles. The van der Waals surface area contributed by atoms with Gasteiger partial charge in [-0.15, -0.1) is 0 Å². The largest absolute Gasteiger partial charge is 0.491 e. The Balaban J connectivity index is 1.22. The van der Waals surface area contributed by atoms with Crippen molar-refractivity contribution >= 4 is 51.8 Å². The van der Waals surface area contributed by atoms with Crippen LogP contribution in [0.15, 0.2) is 54.7 Å². The maximum Gasteiger partial charge on any atom is 0.276 e. The number of ether oxygens (including phenoxy) is 1. The second-order valence-corrected chi connectivity index (χ2v) is 12.8. The fraction of sp³-hybridized carbons (Fsp3) is 0.333. The number of allylic oxidation sites excluding steroid dienone is 2. The summed E-state index contributed by atoms with van der Waals surface area (Å²) in [5.41, 5.74) is 10.5. The van der Waals surface area contributed by atoms with Gasteiger partial charge in [0.2, 0.25) is 17.8 Å². The first-order valence-electron chi connectivity index (χ1n) is 17.3. The molecule has 1 fully saturated rings. The van der Waals surface area contributed by atoms with E-state index in [1.165, 1.54) is 0 Å². The van der Waals surface area contributed by atoms with E-state index in [0.717, 1.165) is 18.5 Å². The van der Waals surface area contributed by atoms with Crippen molar-refractivity contribution in [3.05, 3.63) is 83.1 Å². The Morgan fingerprint density at radius 3 is 2.06 bits per heavy atom. The lowest BCUT2D eigenvalue weighted by Gasteiger charge is -2.13. The molecule has 1 saturated carbocycles. The van der Waals surface area contributed by atoms with Gasteiger partial charge in [0.15, 0.2) is 5.65 Å². The highest BCUT2D eigenvalue weighted by Gasteiger charge is 2.25. The van der Waals surface area contributed by atoms with Crippen LogP contribution in [-0.2, 0) is 26.2 Å². The van der Waals surface area contributed by atoms with Gasteiger partial charge in [-0.05, 0) is 82.9 Å². The zero-order valence-corrected chi connectivity index (χ0v) is 29.5. The van der Waals surface area contributed by atoms with E-state index < -0.39 is 5.91 Å². The van der Waals surface area contributed by atoms with Gasteiger partial charge in [-0.25, -0.2) is 15.0 Å². The highest BCUT2D eigenvalue weighted by molar-refractivity contribution is 6.04. The molecule has 3 amide bonds. The summed E-state index contributed by atoms with van der Waals surface area (Å²) < 4.78 is 13.2. The number of imidazole rings is 2. The summed E-state index contributed by atoms with van der Waals surface area (Å²) in [5, 5.41) is 14.7. The summed E-state index contributed by atoms with van der Waals surface area (Å²) in [6.07, 6.45) is 7.66. The van der Waals surface area contributed by atoms with Crippen LogP contribution in [0.25, 0.3) is 22.2 Å². The maximum absolute atomic E-state index is 13.6. The van der Waals surface area contributed by atoms with Gasteiger partial charge in [-0.1, -0.05) is 12.2 Å². The minimum Gasteiger partial charge on any atom is -0.491 e. The topological polar surface area (TPSA) is 195 Å². The molecule has 16 heteroatoms. The monoisotopic (exact) mass is 704 g/mol. The SMILES string of the molecule is CCn1nc(C)cc1C(=O)Nc1nc2cccnc2n1CC=CCn1c(NC(=O)c2cc(C)nn2CC)nc2cc(C(N)=O)cc(OCC3CC3)c21. The van der Waals surface area contributed by atoms with E-state index in [0.29, 0.717) is 83.1 Å². The van der Waals surface area contributed by atoms with Crippen LogP contribution in [0.2, 0.25) is 0 Å². The second-order valence-electron chi connectivity index (χ2n) is 12.8. The van der Waals surface area contributed by atoms with E-state index in [9.17, 15) is 14.4 Å². The zero-order valence-electron chi connectivity index (χ0n) is 29.5. The molecule has 268 valence electrons. The molecule has 1 aromatic carbocycles. The van der Waals surface area contributed by atoms with E-state index >= 15 is 0 Å². The average Bonchev–Trinajstić information content (AvgIpc) is 3.41. The number of hydrogen-bond acceptors (Lipinski definition) is 9. The van der Waals surface area contributed by atoms with Crippen molar-refractivity contribution in [2.24, 2.45) is 11.7 Å². The molecule has 6 aromatic rings. The minimum absolute atomic E-state index is 0.252. The summed E-state index contributed by atoms with van der Waals surface area (Å²) in [5.74, 6) is 0.166. The van der Waals surface area contributed by atoms with Gasteiger partial charge in [-0.3, -0.25) is 38.9 Å². The van der Waals surface area contributed by atoms with Gasteiger partial charge in [0.1, 0.15) is 28.2 Å². The Morgan fingerprint density at radius 2 is 1.46 bits per heavy atom. The van der Waals surface area contributed by atoms with Crippen LogP contribution in [0, 0.1) is 19.8 Å². The van der Waals surface area contributed by atoms with Crippen molar-refractivity contribution in [1.82, 2.24) is 43.6 Å². The molecule has 5 aromatic heterocycles. The first-order valence-corrected chi connectivity index (χ1v) is 17.3. The summed E-state index contributed by atoms with van der Waals surface area (Å²) in [4.78, 5) is 53.2. The Hall–Kier alpha value is -6.32. The maximum atomic E-state index is 13.6. The standard InChI is InChI=1S/C36H40N12O4/c1-5-47-27(16-21(3)43-47)33(50)41-35-40-26-18-24(31(37)49)19-29(52-20-23-11-12-23)30(26)45(35)14-7-8-15-46-32-25(10-9-13-38-32)39-36(46)42-34(51)28-17-22(4)44-48(28)6-2/h7-10,13,16-19,23H,5-6,11-12,14-15,20H2,1-4H3,(H2,37,49)(H,39,42,51)(H,40,41,50). The fourth-order valence-electron chi connectivity index (χ4n) is 6.10. The van der Waals surface area contributed by atoms with Gasteiger partial charge >= 0.3 is 0 Å². The third kappa shape index (κ3) is 6.86. The molecule has 0 atom stereocenters. The van der Waals surface area contributed by atoms with Crippen LogP contribution in [0.3, 0.4) is 0 Å². The molecule has 0 spiro atoms. The van der Waals surface area contributed by atoms with E-state index in [1.54, 1.807) is 45.9 Å². The van der Waals surface area contributed by atoms with Crippen LogP contribution in [0.1, 0.15) is 69.4 Å². The molecule has 7 rings (SSSR count). The number of nitrogens with two attached hydrogens (primary N) is 1. The van der Waals surface area contributed by atoms with Crippen molar-refractivity contribution < 1.29 is 19.1 Å². The number of primary amides is 1. The van der Waals surface area contributed by atoms with E-state index in [1.807, 2.05) is 55.0 Å². The van der Waals surface area contributed by atoms with E-state index in [4.69, 9.17) is 15.5 Å². The molecule has 1 aliphatic carbocycles. The van der Waals surface area contributed by atoms with Gasteiger partial charge in [-0.2, -0.15) is 10.2 Å². The number of nitrogens with one attached hydrogen (secondary N) is 2. The molecule has 0 unspecified atom stereocenters. The molecule has 1 aliphatic rings. The number of carbonyl (C=O) groups is 3. The normalized spacial score (nSPS) is 13.0. The Morgan fingerprint density at radius 1 is 0.865 bits per heavy atom. The van der Waals surface area contributed by atoms with Crippen LogP contribution >= 0.6 is 0 Å². The molecule has 5 heterocycles. The predicted molar refractivity (Wildman–Crippen MR) is 194 cm³/mol. The molecular weight excluding hydrogens is 664 g/mol. The first kappa shape index (κ1) is 34.1. The predicted octanol–water partition coefficient (Wildman–Crippen LogP) is 4.48. The molecular formula is C36H40N12O4. The zero-order chi connectivity index (χ0) is 36.5. The number of benzene rings is 1. The summed E-state index contributed by atoms with van der Waals surface area (Å²) in [6.45, 7) is 9.63. The fourth-order valence-corrected chi connectivity index (χ4v) is 6.10. The highest BCUT2D eigenvalue weighted by atomic mass is 16.5. The van der Waals surface area contributed by atoms with Crippen molar-refractivity contribution in [2.45, 2.75) is 66.7 Å². The van der Waals surface area contributed by atoms with Gasteiger partial charge in [0.25, 0.3) is 11.8 Å². The number of nitrogens with zero attached hydrogens (tertiary/aromatic N) is 9. The molecule has 0 bridgehead atoms. The molecule has 0 radical (unpaired) electrons. The number of carbonyl (C=O) groups excluding carboxylic acids is 3. The lowest BCUT2D eigenvalue weighted by molar-refractivity contribution is 0.0994. The quantitative estimate of drug-likeness (QED) is 0.137. The number of fused-ring (bicyclic) bond motifs is 2. The van der Waals surface area contributed by atoms with Gasteiger partial charge in [0.05, 0.1) is 23.5 Å². The molecule has 4 N–H and O–H groups in total. The average molecular weight is 705 g/mol. The summed E-state index contributed by atoms with van der Waals surface area (Å²) in [7, 11) is 0. The first-order chi connectivity index (χ1) is 25.1. The van der Waals surface area contributed by atoms with Crippen LogP contribution in [-0.4, -0.2) is 68.0 Å². The highest BCUT2D eigenvalue weighted by Crippen LogP contribution is 2.34. The van der Waals surface area contributed by atoms with Crippen molar-refractivity contribution in [3.63, 3.8) is 0 Å². The summed E-state index contributed by atoms with van der Waals surface area (Å²) in [6, 6.07) is 10.3. The Labute approximate surface area is 298 Å². The van der Waals surface area contributed by atoms with Crippen molar-refractivity contribution in [3.8, 4) is 5.75 Å².